The number of nitrogens with one attached hydrogen (secondary N) is 1. The van der Waals surface area contributed by atoms with Crippen LogP contribution in [0.5, 0.6) is 0 Å². The van der Waals surface area contributed by atoms with E-state index in [9.17, 15) is 0 Å². The molecule has 2 heterocycles. The Morgan fingerprint density at radius 3 is 2.94 bits per heavy atom. The van der Waals surface area contributed by atoms with Gasteiger partial charge in [0.1, 0.15) is 0 Å². The van der Waals surface area contributed by atoms with Crippen LogP contribution in [0.25, 0.3) is 0 Å². The monoisotopic (exact) mass is 303 g/mol. The second-order valence-corrected chi connectivity index (χ2v) is 6.03. The van der Waals surface area contributed by atoms with Crippen molar-refractivity contribution in [1.82, 2.24) is 5.32 Å². The zero-order valence-electron chi connectivity index (χ0n) is 9.75. The van der Waals surface area contributed by atoms with Gasteiger partial charge in [-0.1, -0.05) is 6.92 Å². The van der Waals surface area contributed by atoms with Crippen molar-refractivity contribution in [2.45, 2.75) is 38.3 Å². The molecule has 0 radical (unpaired) electrons. The quantitative estimate of drug-likeness (QED) is 0.915. The van der Waals surface area contributed by atoms with E-state index in [4.69, 9.17) is 4.74 Å². The third kappa shape index (κ3) is 2.35. The molecule has 1 aliphatic heterocycles. The first-order valence-electron chi connectivity index (χ1n) is 5.76. The van der Waals surface area contributed by atoms with Gasteiger partial charge in [-0.05, 0) is 53.2 Å². The summed E-state index contributed by atoms with van der Waals surface area (Å²) in [6, 6.07) is 0.292. The first-order chi connectivity index (χ1) is 7.67. The van der Waals surface area contributed by atoms with Crippen LogP contribution in [0.1, 0.15) is 38.3 Å². The van der Waals surface area contributed by atoms with Crippen molar-refractivity contribution in [2.75, 3.05) is 13.2 Å². The number of ether oxygens (including phenoxy) is 1. The molecule has 2 atom stereocenters. The molecule has 1 aliphatic rings. The van der Waals surface area contributed by atoms with Crippen LogP contribution in [0.3, 0.4) is 0 Å². The average Bonchev–Trinajstić information content (AvgIpc) is 2.85. The summed E-state index contributed by atoms with van der Waals surface area (Å²) in [6.07, 6.45) is 2.30. The van der Waals surface area contributed by atoms with Gasteiger partial charge in [0.05, 0.1) is 11.6 Å². The van der Waals surface area contributed by atoms with Crippen LogP contribution in [0.15, 0.2) is 15.2 Å². The van der Waals surface area contributed by atoms with E-state index in [-0.39, 0.29) is 5.60 Å². The fraction of sp³-hybridized carbons (Fsp3) is 0.667. The molecule has 16 heavy (non-hydrogen) atoms. The lowest BCUT2D eigenvalue weighted by molar-refractivity contribution is -0.0121. The van der Waals surface area contributed by atoms with Crippen LogP contribution in [0.2, 0.25) is 0 Å². The Hall–Kier alpha value is 0.1000. The van der Waals surface area contributed by atoms with Gasteiger partial charge in [-0.25, -0.2) is 0 Å². The highest BCUT2D eigenvalue weighted by molar-refractivity contribution is 9.10. The highest BCUT2D eigenvalue weighted by Crippen LogP contribution is 2.40. The molecule has 0 aliphatic carbocycles. The molecule has 2 rings (SSSR count). The molecular formula is C12H18BrNOS. The number of rotatable bonds is 4. The van der Waals surface area contributed by atoms with Crippen molar-refractivity contribution in [2.24, 2.45) is 0 Å². The standard InChI is InChI=1S/C12H18BrNOS/c1-3-14-11(9-7-16-8-10(9)13)12(2)5-4-6-15-12/h7-8,11,14H,3-6H2,1-2H3. The summed E-state index contributed by atoms with van der Waals surface area (Å²) in [5, 5.41) is 7.91. The molecule has 1 fully saturated rings. The molecule has 2 nitrogen and oxygen atoms in total. The van der Waals surface area contributed by atoms with Crippen LogP contribution in [0.4, 0.5) is 0 Å². The topological polar surface area (TPSA) is 21.3 Å². The van der Waals surface area contributed by atoms with Crippen molar-refractivity contribution in [3.63, 3.8) is 0 Å². The van der Waals surface area contributed by atoms with Crippen molar-refractivity contribution in [1.29, 1.82) is 0 Å². The second-order valence-electron chi connectivity index (χ2n) is 4.43. The number of halogens is 1. The van der Waals surface area contributed by atoms with Crippen molar-refractivity contribution >= 4 is 27.3 Å². The maximum atomic E-state index is 5.96. The molecular weight excluding hydrogens is 286 g/mol. The fourth-order valence-corrected chi connectivity index (χ4v) is 3.94. The normalized spacial score (nSPS) is 27.2. The summed E-state index contributed by atoms with van der Waals surface area (Å²) in [6.45, 7) is 6.22. The minimum absolute atomic E-state index is 0.0559. The molecule has 1 aromatic rings. The largest absolute Gasteiger partial charge is 0.373 e. The Morgan fingerprint density at radius 1 is 1.62 bits per heavy atom. The van der Waals surface area contributed by atoms with E-state index in [0.717, 1.165) is 19.6 Å². The molecule has 0 saturated carbocycles. The van der Waals surface area contributed by atoms with Gasteiger partial charge in [-0.3, -0.25) is 0 Å². The third-order valence-corrected chi connectivity index (χ3v) is 4.97. The van der Waals surface area contributed by atoms with Crippen LogP contribution in [-0.4, -0.2) is 18.8 Å². The van der Waals surface area contributed by atoms with E-state index in [1.807, 2.05) is 0 Å². The summed E-state index contributed by atoms with van der Waals surface area (Å²) in [4.78, 5) is 0. The molecule has 0 amide bonds. The molecule has 4 heteroatoms. The van der Waals surface area contributed by atoms with Gasteiger partial charge in [-0.2, -0.15) is 11.3 Å². The highest BCUT2D eigenvalue weighted by Gasteiger charge is 2.39. The molecule has 0 spiro atoms. The maximum absolute atomic E-state index is 5.96. The summed E-state index contributed by atoms with van der Waals surface area (Å²) >= 11 is 5.36. The molecule has 1 aromatic heterocycles. The van der Waals surface area contributed by atoms with Gasteiger partial charge in [0.25, 0.3) is 0 Å². The lowest BCUT2D eigenvalue weighted by Crippen LogP contribution is -2.41. The average molecular weight is 304 g/mol. The van der Waals surface area contributed by atoms with Crippen molar-refractivity contribution in [3.05, 3.63) is 20.8 Å². The summed E-state index contributed by atoms with van der Waals surface area (Å²) < 4.78 is 7.15. The predicted octanol–water partition coefficient (Wildman–Crippen LogP) is 3.73. The Bertz CT molecular complexity index is 347. The maximum Gasteiger partial charge on any atom is 0.0849 e. The van der Waals surface area contributed by atoms with E-state index in [2.05, 4.69) is 45.9 Å². The van der Waals surface area contributed by atoms with Gasteiger partial charge in [0, 0.05) is 16.5 Å². The smallest absolute Gasteiger partial charge is 0.0849 e. The fourth-order valence-electron chi connectivity index (χ4n) is 2.38. The first kappa shape index (κ1) is 12.6. The number of likely N-dealkylation sites (N-methyl/N-ethyl adjacent to an activating group) is 1. The minimum atomic E-state index is -0.0559. The van der Waals surface area contributed by atoms with Gasteiger partial charge in [-0.15, -0.1) is 0 Å². The Kier molecular flexibility index (Phi) is 4.06. The zero-order chi connectivity index (χ0) is 11.6. The Morgan fingerprint density at radius 2 is 2.44 bits per heavy atom. The van der Waals surface area contributed by atoms with Crippen LogP contribution < -0.4 is 5.32 Å². The van der Waals surface area contributed by atoms with Crippen molar-refractivity contribution < 1.29 is 4.74 Å². The molecule has 2 unspecified atom stereocenters. The summed E-state index contributed by atoms with van der Waals surface area (Å²) in [5.74, 6) is 0. The van der Waals surface area contributed by atoms with Crippen LogP contribution >= 0.6 is 27.3 Å². The summed E-state index contributed by atoms with van der Waals surface area (Å²) in [7, 11) is 0. The van der Waals surface area contributed by atoms with Gasteiger partial charge in [0.2, 0.25) is 0 Å². The number of hydrogen-bond donors (Lipinski definition) is 1. The van der Waals surface area contributed by atoms with E-state index in [1.165, 1.54) is 16.5 Å². The Balaban J connectivity index is 2.26. The molecule has 0 aromatic carbocycles. The zero-order valence-corrected chi connectivity index (χ0v) is 12.2. The molecule has 0 bridgehead atoms. The van der Waals surface area contributed by atoms with Gasteiger partial charge >= 0.3 is 0 Å². The third-order valence-electron chi connectivity index (χ3n) is 3.22. The van der Waals surface area contributed by atoms with Crippen LogP contribution in [-0.2, 0) is 4.74 Å². The highest BCUT2D eigenvalue weighted by atomic mass is 79.9. The number of thiophene rings is 1. The van der Waals surface area contributed by atoms with E-state index in [1.54, 1.807) is 11.3 Å². The lowest BCUT2D eigenvalue weighted by Gasteiger charge is -2.34. The van der Waals surface area contributed by atoms with Crippen molar-refractivity contribution in [3.8, 4) is 0 Å². The molecule has 1 N–H and O–H groups in total. The van der Waals surface area contributed by atoms with Gasteiger partial charge < -0.3 is 10.1 Å². The Labute approximate surface area is 110 Å². The molecule has 90 valence electrons. The molecule has 1 saturated heterocycles. The SMILES string of the molecule is CCNC(c1cscc1Br)C1(C)CCCO1. The van der Waals surface area contributed by atoms with E-state index >= 15 is 0 Å². The first-order valence-corrected chi connectivity index (χ1v) is 7.50. The second kappa shape index (κ2) is 5.17. The predicted molar refractivity (Wildman–Crippen MR) is 72.0 cm³/mol. The number of hydrogen-bond acceptors (Lipinski definition) is 3. The van der Waals surface area contributed by atoms with E-state index < -0.39 is 0 Å². The van der Waals surface area contributed by atoms with Gasteiger partial charge in [0.15, 0.2) is 0 Å². The minimum Gasteiger partial charge on any atom is -0.373 e. The van der Waals surface area contributed by atoms with Crippen LogP contribution in [0, 0.1) is 0 Å². The van der Waals surface area contributed by atoms with E-state index in [0.29, 0.717) is 6.04 Å². The lowest BCUT2D eigenvalue weighted by atomic mass is 9.89. The summed E-state index contributed by atoms with van der Waals surface area (Å²) in [5.41, 5.74) is 1.27.